The Morgan fingerprint density at radius 1 is 0.923 bits per heavy atom. The van der Waals surface area contributed by atoms with E-state index in [0.717, 1.165) is 10.5 Å². The van der Waals surface area contributed by atoms with E-state index in [1.165, 1.54) is 0 Å². The number of hydrogen-bond acceptors (Lipinski definition) is 4. The van der Waals surface area contributed by atoms with Crippen LogP contribution in [0.5, 0.6) is 0 Å². The zero-order valence-corrected chi connectivity index (χ0v) is 13.9. The lowest BCUT2D eigenvalue weighted by atomic mass is 10.1. The molecule has 0 atom stereocenters. The maximum absolute atomic E-state index is 12.2. The Bertz CT molecular complexity index is 855. The summed E-state index contributed by atoms with van der Waals surface area (Å²) >= 11 is 0. The first kappa shape index (κ1) is 17.3. The molecule has 1 aliphatic heterocycles. The molecule has 0 saturated carbocycles. The standard InChI is InChI=1S/C19H17N3O4/c20-16(23)11-12-5-7-13(8-6-12)21-17(24)9-10-22-18(25)14-3-1-2-4-15(14)19(22)26/h1-8H,9-11H2,(H2,20,23)(H,21,24). The first-order valence-corrected chi connectivity index (χ1v) is 8.08. The van der Waals surface area contributed by atoms with Crippen molar-refractivity contribution in [1.29, 1.82) is 0 Å². The monoisotopic (exact) mass is 351 g/mol. The highest BCUT2D eigenvalue weighted by Gasteiger charge is 2.34. The molecular formula is C19H17N3O4. The molecule has 0 radical (unpaired) electrons. The number of amides is 4. The zero-order valence-electron chi connectivity index (χ0n) is 13.9. The van der Waals surface area contributed by atoms with Crippen LogP contribution >= 0.6 is 0 Å². The molecule has 0 spiro atoms. The summed E-state index contributed by atoms with van der Waals surface area (Å²) in [4.78, 5) is 48.5. The first-order chi connectivity index (χ1) is 12.5. The number of hydrogen-bond donors (Lipinski definition) is 2. The van der Waals surface area contributed by atoms with Crippen molar-refractivity contribution in [1.82, 2.24) is 4.90 Å². The van der Waals surface area contributed by atoms with Gasteiger partial charge in [-0.15, -0.1) is 0 Å². The van der Waals surface area contributed by atoms with Gasteiger partial charge in [-0.3, -0.25) is 24.1 Å². The Hall–Kier alpha value is -3.48. The lowest BCUT2D eigenvalue weighted by Gasteiger charge is -2.13. The summed E-state index contributed by atoms with van der Waals surface area (Å²) in [6.07, 6.45) is 0.127. The molecular weight excluding hydrogens is 334 g/mol. The van der Waals surface area contributed by atoms with Crippen LogP contribution < -0.4 is 11.1 Å². The van der Waals surface area contributed by atoms with E-state index in [2.05, 4.69) is 5.32 Å². The summed E-state index contributed by atoms with van der Waals surface area (Å²) in [6.45, 7) is 0.0118. The molecule has 0 saturated heterocycles. The van der Waals surface area contributed by atoms with E-state index in [-0.39, 0.29) is 37.1 Å². The number of nitrogens with zero attached hydrogens (tertiary/aromatic N) is 1. The third kappa shape index (κ3) is 3.61. The number of primary amides is 1. The van der Waals surface area contributed by atoms with Crippen LogP contribution in [0.3, 0.4) is 0 Å². The minimum atomic E-state index is -0.428. The highest BCUT2D eigenvalue weighted by Crippen LogP contribution is 2.22. The summed E-state index contributed by atoms with van der Waals surface area (Å²) in [5.41, 5.74) is 7.17. The normalized spacial score (nSPS) is 12.8. The molecule has 7 heteroatoms. The highest BCUT2D eigenvalue weighted by atomic mass is 16.2. The number of benzene rings is 2. The molecule has 1 aliphatic rings. The Balaban J connectivity index is 1.56. The van der Waals surface area contributed by atoms with Crippen LogP contribution in [-0.2, 0) is 16.0 Å². The zero-order chi connectivity index (χ0) is 18.7. The van der Waals surface area contributed by atoms with Crippen molar-refractivity contribution in [3.05, 3.63) is 65.2 Å². The van der Waals surface area contributed by atoms with Gasteiger partial charge in [-0.2, -0.15) is 0 Å². The minimum absolute atomic E-state index is 0.00545. The van der Waals surface area contributed by atoms with E-state index in [1.807, 2.05) is 0 Å². The maximum atomic E-state index is 12.2. The molecule has 0 fully saturated rings. The Labute approximate surface area is 149 Å². The summed E-state index contributed by atoms with van der Waals surface area (Å²) < 4.78 is 0. The van der Waals surface area contributed by atoms with Crippen molar-refractivity contribution in [3.63, 3.8) is 0 Å². The molecule has 26 heavy (non-hydrogen) atoms. The lowest BCUT2D eigenvalue weighted by molar-refractivity contribution is -0.117. The van der Waals surface area contributed by atoms with Crippen molar-refractivity contribution >= 4 is 29.3 Å². The minimum Gasteiger partial charge on any atom is -0.369 e. The molecule has 7 nitrogen and oxygen atoms in total. The second kappa shape index (κ2) is 7.18. The number of nitrogens with two attached hydrogens (primary N) is 1. The van der Waals surface area contributed by atoms with E-state index in [1.54, 1.807) is 48.5 Å². The summed E-state index contributed by atoms with van der Waals surface area (Å²) in [5, 5.41) is 2.69. The Morgan fingerprint density at radius 2 is 1.50 bits per heavy atom. The predicted octanol–water partition coefficient (Wildman–Crippen LogP) is 1.34. The molecule has 0 aromatic heterocycles. The number of carbonyl (C=O) groups excluding carboxylic acids is 4. The Kier molecular flexibility index (Phi) is 4.79. The summed E-state index contributed by atoms with van der Waals surface area (Å²) in [5.74, 6) is -1.50. The average molecular weight is 351 g/mol. The van der Waals surface area contributed by atoms with Crippen LogP contribution in [0, 0.1) is 0 Å². The van der Waals surface area contributed by atoms with Crippen LogP contribution in [0.1, 0.15) is 32.7 Å². The second-order valence-corrected chi connectivity index (χ2v) is 5.95. The number of imide groups is 1. The van der Waals surface area contributed by atoms with Gasteiger partial charge >= 0.3 is 0 Å². The average Bonchev–Trinajstić information content (AvgIpc) is 2.86. The van der Waals surface area contributed by atoms with Gasteiger partial charge in [-0.05, 0) is 29.8 Å². The molecule has 2 aromatic rings. The fraction of sp³-hybridized carbons (Fsp3) is 0.158. The van der Waals surface area contributed by atoms with Gasteiger partial charge in [0.1, 0.15) is 0 Å². The van der Waals surface area contributed by atoms with Crippen molar-refractivity contribution in [2.75, 3.05) is 11.9 Å². The molecule has 1 heterocycles. The number of anilines is 1. The topological polar surface area (TPSA) is 110 Å². The summed E-state index contributed by atoms with van der Waals surface area (Å²) in [7, 11) is 0. The molecule has 2 aromatic carbocycles. The molecule has 132 valence electrons. The van der Waals surface area contributed by atoms with E-state index in [9.17, 15) is 19.2 Å². The van der Waals surface area contributed by atoms with Gasteiger partial charge in [0.2, 0.25) is 11.8 Å². The highest BCUT2D eigenvalue weighted by molar-refractivity contribution is 6.21. The van der Waals surface area contributed by atoms with Gasteiger partial charge < -0.3 is 11.1 Å². The van der Waals surface area contributed by atoms with Crippen molar-refractivity contribution < 1.29 is 19.2 Å². The van der Waals surface area contributed by atoms with E-state index >= 15 is 0 Å². The van der Waals surface area contributed by atoms with Gasteiger partial charge in [0.25, 0.3) is 11.8 Å². The van der Waals surface area contributed by atoms with Crippen molar-refractivity contribution in [3.8, 4) is 0 Å². The SMILES string of the molecule is NC(=O)Cc1ccc(NC(=O)CCN2C(=O)c3ccccc3C2=O)cc1. The van der Waals surface area contributed by atoms with Crippen LogP contribution in [0.4, 0.5) is 5.69 Å². The van der Waals surface area contributed by atoms with Gasteiger partial charge in [0.15, 0.2) is 0 Å². The summed E-state index contributed by atoms with van der Waals surface area (Å²) in [6, 6.07) is 13.3. The van der Waals surface area contributed by atoms with E-state index < -0.39 is 5.91 Å². The maximum Gasteiger partial charge on any atom is 0.261 e. The molecule has 3 rings (SSSR count). The van der Waals surface area contributed by atoms with Gasteiger partial charge in [0, 0.05) is 18.7 Å². The number of fused-ring (bicyclic) bond motifs is 1. The van der Waals surface area contributed by atoms with E-state index in [0.29, 0.717) is 16.8 Å². The van der Waals surface area contributed by atoms with Gasteiger partial charge in [-0.25, -0.2) is 0 Å². The fourth-order valence-electron chi connectivity index (χ4n) is 2.79. The number of nitrogens with one attached hydrogen (secondary N) is 1. The largest absolute Gasteiger partial charge is 0.369 e. The van der Waals surface area contributed by atoms with Crippen LogP contribution in [0.15, 0.2) is 48.5 Å². The third-order valence-corrected chi connectivity index (χ3v) is 4.06. The fourth-order valence-corrected chi connectivity index (χ4v) is 2.79. The third-order valence-electron chi connectivity index (χ3n) is 4.06. The van der Waals surface area contributed by atoms with Crippen LogP contribution in [0.25, 0.3) is 0 Å². The second-order valence-electron chi connectivity index (χ2n) is 5.95. The van der Waals surface area contributed by atoms with Crippen molar-refractivity contribution in [2.24, 2.45) is 5.73 Å². The first-order valence-electron chi connectivity index (χ1n) is 8.08. The lowest BCUT2D eigenvalue weighted by Crippen LogP contribution is -2.32. The van der Waals surface area contributed by atoms with Crippen LogP contribution in [0.2, 0.25) is 0 Å². The van der Waals surface area contributed by atoms with Gasteiger partial charge in [-0.1, -0.05) is 24.3 Å². The predicted molar refractivity (Wildman–Crippen MR) is 94.4 cm³/mol. The van der Waals surface area contributed by atoms with Crippen molar-refractivity contribution in [2.45, 2.75) is 12.8 Å². The van der Waals surface area contributed by atoms with Crippen LogP contribution in [-0.4, -0.2) is 35.1 Å². The van der Waals surface area contributed by atoms with Gasteiger partial charge in [0.05, 0.1) is 17.5 Å². The molecule has 0 aliphatic carbocycles. The number of carbonyl (C=O) groups is 4. The number of rotatable bonds is 6. The molecule has 3 N–H and O–H groups in total. The molecule has 4 amide bonds. The quantitative estimate of drug-likeness (QED) is 0.765. The Morgan fingerprint density at radius 3 is 2.04 bits per heavy atom. The van der Waals surface area contributed by atoms with E-state index in [4.69, 9.17) is 5.73 Å². The molecule has 0 unspecified atom stereocenters. The molecule has 0 bridgehead atoms. The smallest absolute Gasteiger partial charge is 0.261 e.